The van der Waals surface area contributed by atoms with Crippen LogP contribution in [0.15, 0.2) is 73.3 Å². The summed E-state index contributed by atoms with van der Waals surface area (Å²) in [5.74, 6) is -0.140. The van der Waals surface area contributed by atoms with Gasteiger partial charge in [0.15, 0.2) is 0 Å². The van der Waals surface area contributed by atoms with Crippen LogP contribution >= 0.6 is 0 Å². The van der Waals surface area contributed by atoms with Crippen molar-refractivity contribution in [2.45, 2.75) is 13.1 Å². The van der Waals surface area contributed by atoms with Crippen molar-refractivity contribution in [1.82, 2.24) is 15.3 Å². The van der Waals surface area contributed by atoms with Crippen LogP contribution < -0.4 is 10.6 Å². The van der Waals surface area contributed by atoms with E-state index in [1.807, 2.05) is 42.5 Å². The van der Waals surface area contributed by atoms with Gasteiger partial charge >= 0.3 is 0 Å². The van der Waals surface area contributed by atoms with Gasteiger partial charge in [-0.2, -0.15) is 0 Å². The lowest BCUT2D eigenvalue weighted by Crippen LogP contribution is -2.23. The van der Waals surface area contributed by atoms with Crippen LogP contribution in [0.1, 0.15) is 21.5 Å². The molecule has 0 bridgehead atoms. The molecule has 0 fully saturated rings. The number of hydrogen-bond donors (Lipinski definition) is 2. The number of anilines is 1. The molecule has 3 aromatic rings. The fourth-order valence-electron chi connectivity index (χ4n) is 2.25. The summed E-state index contributed by atoms with van der Waals surface area (Å²) in [6.45, 7) is 1.15. The zero-order valence-corrected chi connectivity index (χ0v) is 13.1. The van der Waals surface area contributed by atoms with E-state index in [9.17, 15) is 4.79 Å². The number of pyridine rings is 2. The van der Waals surface area contributed by atoms with Crippen LogP contribution in [0.2, 0.25) is 0 Å². The van der Waals surface area contributed by atoms with Crippen LogP contribution in [0.3, 0.4) is 0 Å². The normalized spacial score (nSPS) is 10.2. The molecule has 0 atom stereocenters. The lowest BCUT2D eigenvalue weighted by atomic mass is 10.2. The number of aromatic nitrogens is 2. The van der Waals surface area contributed by atoms with E-state index < -0.39 is 0 Å². The zero-order valence-electron chi connectivity index (χ0n) is 13.1. The molecule has 0 radical (unpaired) electrons. The van der Waals surface area contributed by atoms with Crippen LogP contribution in [-0.2, 0) is 13.1 Å². The zero-order chi connectivity index (χ0) is 16.6. The fourth-order valence-corrected chi connectivity index (χ4v) is 2.25. The molecule has 120 valence electrons. The third kappa shape index (κ3) is 4.39. The minimum atomic E-state index is -0.140. The summed E-state index contributed by atoms with van der Waals surface area (Å²) in [6.07, 6.45) is 6.78. The maximum atomic E-state index is 12.3. The van der Waals surface area contributed by atoms with Crippen molar-refractivity contribution in [3.8, 4) is 0 Å². The van der Waals surface area contributed by atoms with E-state index in [4.69, 9.17) is 0 Å². The van der Waals surface area contributed by atoms with E-state index in [0.717, 1.165) is 16.8 Å². The van der Waals surface area contributed by atoms with Gasteiger partial charge in [-0.25, -0.2) is 0 Å². The highest BCUT2D eigenvalue weighted by atomic mass is 16.1. The van der Waals surface area contributed by atoms with Crippen molar-refractivity contribution in [1.29, 1.82) is 0 Å². The summed E-state index contributed by atoms with van der Waals surface area (Å²) in [6, 6.07) is 15.5. The topological polar surface area (TPSA) is 66.9 Å². The Bertz CT molecular complexity index is 791. The average molecular weight is 318 g/mol. The second kappa shape index (κ2) is 7.87. The summed E-state index contributed by atoms with van der Waals surface area (Å²) in [5.41, 5.74) is 3.51. The molecule has 0 aliphatic carbocycles. The van der Waals surface area contributed by atoms with Gasteiger partial charge in [-0.15, -0.1) is 0 Å². The highest BCUT2D eigenvalue weighted by molar-refractivity contribution is 5.94. The van der Waals surface area contributed by atoms with Gasteiger partial charge in [0.05, 0.1) is 11.3 Å². The van der Waals surface area contributed by atoms with Crippen LogP contribution in [0, 0.1) is 0 Å². The molecule has 2 aromatic heterocycles. The number of carbonyl (C=O) groups excluding carboxylic acids is 1. The Morgan fingerprint density at radius 3 is 2.42 bits per heavy atom. The molecule has 2 N–H and O–H groups in total. The summed E-state index contributed by atoms with van der Waals surface area (Å²) in [5, 5.41) is 6.16. The second-order valence-electron chi connectivity index (χ2n) is 5.34. The molecule has 1 aromatic carbocycles. The van der Waals surface area contributed by atoms with Crippen LogP contribution in [0.4, 0.5) is 5.69 Å². The number of amides is 1. The third-order valence-corrected chi connectivity index (χ3v) is 3.54. The Labute approximate surface area is 140 Å². The largest absolute Gasteiger partial charge is 0.380 e. The SMILES string of the molecule is O=C(NCc1ccccc1)c1cncc(NCc2ccncc2)c1. The highest BCUT2D eigenvalue weighted by Crippen LogP contribution is 2.10. The van der Waals surface area contributed by atoms with Crippen molar-refractivity contribution in [2.75, 3.05) is 5.32 Å². The van der Waals surface area contributed by atoms with Gasteiger partial charge in [0.2, 0.25) is 0 Å². The summed E-state index contributed by atoms with van der Waals surface area (Å²) in [4.78, 5) is 20.4. The fraction of sp³-hybridized carbons (Fsp3) is 0.105. The first kappa shape index (κ1) is 15.7. The lowest BCUT2D eigenvalue weighted by Gasteiger charge is -2.09. The van der Waals surface area contributed by atoms with Crippen LogP contribution in [-0.4, -0.2) is 15.9 Å². The van der Waals surface area contributed by atoms with E-state index in [2.05, 4.69) is 20.6 Å². The number of rotatable bonds is 6. The Kier molecular flexibility index (Phi) is 5.14. The number of nitrogens with one attached hydrogen (secondary N) is 2. The van der Waals surface area contributed by atoms with Crippen molar-refractivity contribution in [3.63, 3.8) is 0 Å². The minimum Gasteiger partial charge on any atom is -0.380 e. The summed E-state index contributed by atoms with van der Waals surface area (Å²) in [7, 11) is 0. The molecule has 0 unspecified atom stereocenters. The van der Waals surface area contributed by atoms with Crippen molar-refractivity contribution in [2.24, 2.45) is 0 Å². The first-order chi connectivity index (χ1) is 11.8. The molecule has 0 saturated carbocycles. The van der Waals surface area contributed by atoms with Gasteiger partial charge in [-0.05, 0) is 29.3 Å². The van der Waals surface area contributed by atoms with Crippen molar-refractivity contribution in [3.05, 3.63) is 90.0 Å². The molecule has 1 amide bonds. The Morgan fingerprint density at radius 1 is 0.875 bits per heavy atom. The number of benzene rings is 1. The first-order valence-corrected chi connectivity index (χ1v) is 7.71. The molecule has 0 aliphatic heterocycles. The predicted molar refractivity (Wildman–Crippen MR) is 93.4 cm³/mol. The quantitative estimate of drug-likeness (QED) is 0.733. The summed E-state index contributed by atoms with van der Waals surface area (Å²) < 4.78 is 0. The number of hydrogen-bond acceptors (Lipinski definition) is 4. The van der Waals surface area contributed by atoms with Crippen molar-refractivity contribution < 1.29 is 4.79 Å². The number of carbonyl (C=O) groups is 1. The maximum absolute atomic E-state index is 12.3. The van der Waals surface area contributed by atoms with Crippen molar-refractivity contribution >= 4 is 11.6 Å². The minimum absolute atomic E-state index is 0.140. The molecule has 5 nitrogen and oxygen atoms in total. The smallest absolute Gasteiger partial charge is 0.253 e. The van der Waals surface area contributed by atoms with Gasteiger partial charge in [-0.1, -0.05) is 30.3 Å². The molecule has 2 heterocycles. The van der Waals surface area contributed by atoms with Gasteiger partial charge in [0.25, 0.3) is 5.91 Å². The Morgan fingerprint density at radius 2 is 1.62 bits per heavy atom. The van der Waals surface area contributed by atoms with E-state index in [1.165, 1.54) is 0 Å². The molecule has 24 heavy (non-hydrogen) atoms. The van der Waals surface area contributed by atoms with Gasteiger partial charge in [0.1, 0.15) is 0 Å². The Balaban J connectivity index is 1.59. The predicted octanol–water partition coefficient (Wildman–Crippen LogP) is 3.02. The van der Waals surface area contributed by atoms with Gasteiger partial charge in [-0.3, -0.25) is 14.8 Å². The maximum Gasteiger partial charge on any atom is 0.253 e. The van der Waals surface area contributed by atoms with E-state index >= 15 is 0 Å². The molecule has 0 aliphatic rings. The lowest BCUT2D eigenvalue weighted by molar-refractivity contribution is 0.0950. The third-order valence-electron chi connectivity index (χ3n) is 3.54. The molecular weight excluding hydrogens is 300 g/mol. The monoisotopic (exact) mass is 318 g/mol. The highest BCUT2D eigenvalue weighted by Gasteiger charge is 2.07. The average Bonchev–Trinajstić information content (AvgIpc) is 2.66. The molecule has 5 heteroatoms. The molecule has 0 saturated heterocycles. The second-order valence-corrected chi connectivity index (χ2v) is 5.34. The number of nitrogens with zero attached hydrogens (tertiary/aromatic N) is 2. The first-order valence-electron chi connectivity index (χ1n) is 7.71. The van der Waals surface area contributed by atoms with E-state index in [-0.39, 0.29) is 5.91 Å². The van der Waals surface area contributed by atoms with E-state index in [1.54, 1.807) is 30.9 Å². The van der Waals surface area contributed by atoms with Gasteiger partial charge < -0.3 is 10.6 Å². The van der Waals surface area contributed by atoms with E-state index in [0.29, 0.717) is 18.7 Å². The molecule has 3 rings (SSSR count). The summed E-state index contributed by atoms with van der Waals surface area (Å²) >= 11 is 0. The van der Waals surface area contributed by atoms with Gasteiger partial charge in [0, 0.05) is 37.9 Å². The standard InChI is InChI=1S/C19H18N4O/c24-19(23-12-15-4-2-1-3-5-15)17-10-18(14-21-13-17)22-11-16-6-8-20-9-7-16/h1-10,13-14,22H,11-12H2,(H,23,24). The molecule has 0 spiro atoms. The Hall–Kier alpha value is -3.21. The molecular formula is C19H18N4O. The van der Waals surface area contributed by atoms with Crippen LogP contribution in [0.5, 0.6) is 0 Å². The van der Waals surface area contributed by atoms with Crippen LogP contribution in [0.25, 0.3) is 0 Å².